The second kappa shape index (κ2) is 6.82. The maximum absolute atomic E-state index is 14.8. The van der Waals surface area contributed by atoms with Gasteiger partial charge in [-0.15, -0.1) is 12.3 Å². The largest absolute Gasteiger partial charge is 0.298 e. The molecule has 0 spiro atoms. The summed E-state index contributed by atoms with van der Waals surface area (Å²) in [6.07, 6.45) is 5.47. The molecule has 3 rings (SSSR count). The van der Waals surface area contributed by atoms with E-state index in [2.05, 4.69) is 5.92 Å². The number of benzene rings is 2. The number of halogens is 2. The number of carbonyl (C=O) groups is 2. The van der Waals surface area contributed by atoms with Crippen molar-refractivity contribution in [3.63, 3.8) is 0 Å². The zero-order valence-corrected chi connectivity index (χ0v) is 14.4. The smallest absolute Gasteiger partial charge is 0.152 e. The molecule has 2 unspecified atom stereocenters. The Morgan fingerprint density at radius 3 is 2.48 bits per heavy atom. The van der Waals surface area contributed by atoms with Gasteiger partial charge in [-0.2, -0.15) is 0 Å². The van der Waals surface area contributed by atoms with Crippen LogP contribution in [0.3, 0.4) is 0 Å². The second-order valence-corrected chi connectivity index (χ2v) is 6.74. The lowest BCUT2D eigenvalue weighted by molar-refractivity contribution is -0.124. The third-order valence-electron chi connectivity index (χ3n) is 4.57. The predicted octanol–water partition coefficient (Wildman–Crippen LogP) is 4.72. The molecule has 1 aliphatic rings. The van der Waals surface area contributed by atoms with E-state index in [0.29, 0.717) is 5.56 Å². The van der Waals surface area contributed by atoms with Crippen LogP contribution >= 0.6 is 11.6 Å². The number of hydrogen-bond acceptors (Lipinski definition) is 2. The molecule has 0 bridgehead atoms. The first kappa shape index (κ1) is 17.4. The van der Waals surface area contributed by atoms with Gasteiger partial charge in [0.1, 0.15) is 17.5 Å². The molecule has 2 aromatic rings. The molecule has 2 nitrogen and oxygen atoms in total. The molecule has 4 heteroatoms. The second-order valence-electron chi connectivity index (χ2n) is 6.33. The van der Waals surface area contributed by atoms with Crippen LogP contribution in [0.25, 0.3) is 11.1 Å². The number of aryl methyl sites for hydroxylation is 1. The summed E-state index contributed by atoms with van der Waals surface area (Å²) in [5.74, 6) is -0.612. The van der Waals surface area contributed by atoms with E-state index in [0.717, 1.165) is 11.1 Å². The van der Waals surface area contributed by atoms with Crippen molar-refractivity contribution in [2.24, 2.45) is 5.92 Å². The van der Waals surface area contributed by atoms with Gasteiger partial charge in [-0.3, -0.25) is 9.59 Å². The molecule has 0 amide bonds. The van der Waals surface area contributed by atoms with Gasteiger partial charge >= 0.3 is 0 Å². The van der Waals surface area contributed by atoms with Crippen LogP contribution in [0.1, 0.15) is 29.9 Å². The summed E-state index contributed by atoms with van der Waals surface area (Å²) in [6.45, 7) is 1.96. The molecular weight excluding hydrogens is 339 g/mol. The van der Waals surface area contributed by atoms with Gasteiger partial charge < -0.3 is 0 Å². The van der Waals surface area contributed by atoms with Gasteiger partial charge in [-0.1, -0.05) is 41.4 Å². The fourth-order valence-corrected chi connectivity index (χ4v) is 3.56. The molecule has 2 atom stereocenters. The first-order chi connectivity index (χ1) is 11.9. The summed E-state index contributed by atoms with van der Waals surface area (Å²) < 4.78 is 14.8. The van der Waals surface area contributed by atoms with Crippen molar-refractivity contribution >= 4 is 23.2 Å². The quantitative estimate of drug-likeness (QED) is 0.590. The minimum atomic E-state index is -1.15. The Balaban J connectivity index is 2.01. The fraction of sp³-hybridized carbons (Fsp3) is 0.238. The summed E-state index contributed by atoms with van der Waals surface area (Å²) in [4.78, 5) is 24.7. The van der Waals surface area contributed by atoms with E-state index in [9.17, 15) is 14.0 Å². The van der Waals surface area contributed by atoms with Gasteiger partial charge in [0, 0.05) is 29.3 Å². The Morgan fingerprint density at radius 1 is 1.20 bits per heavy atom. The molecule has 0 aliphatic heterocycles. The molecule has 0 N–H and O–H groups in total. The van der Waals surface area contributed by atoms with Crippen molar-refractivity contribution in [2.75, 3.05) is 0 Å². The highest BCUT2D eigenvalue weighted by Crippen LogP contribution is 2.40. The van der Waals surface area contributed by atoms with Crippen molar-refractivity contribution in [2.45, 2.75) is 25.7 Å². The van der Waals surface area contributed by atoms with Gasteiger partial charge in [-0.05, 0) is 30.2 Å². The molecule has 126 valence electrons. The van der Waals surface area contributed by atoms with E-state index in [1.807, 2.05) is 31.2 Å². The van der Waals surface area contributed by atoms with Gasteiger partial charge in [0.15, 0.2) is 5.78 Å². The van der Waals surface area contributed by atoms with Crippen molar-refractivity contribution in [3.8, 4) is 23.5 Å². The molecular formula is C21H16ClFO2. The number of Topliss-reactive ketones (excluding diaryl/α,β-unsaturated/α-hetero) is 2. The monoisotopic (exact) mass is 354 g/mol. The maximum Gasteiger partial charge on any atom is 0.152 e. The van der Waals surface area contributed by atoms with Gasteiger partial charge in [0.05, 0.1) is 0 Å². The first-order valence-electron chi connectivity index (χ1n) is 7.98. The summed E-state index contributed by atoms with van der Waals surface area (Å²) in [5, 5.41) is 0.0867. The Morgan fingerprint density at radius 2 is 1.88 bits per heavy atom. The van der Waals surface area contributed by atoms with Gasteiger partial charge in [0.25, 0.3) is 0 Å². The third-order valence-corrected chi connectivity index (χ3v) is 4.89. The average Bonchev–Trinajstić information content (AvgIpc) is 2.83. The molecule has 2 aromatic carbocycles. The molecule has 0 aromatic heterocycles. The van der Waals surface area contributed by atoms with Crippen molar-refractivity contribution in [3.05, 3.63) is 58.4 Å². The van der Waals surface area contributed by atoms with Crippen LogP contribution in [-0.2, 0) is 9.59 Å². The topological polar surface area (TPSA) is 34.1 Å². The van der Waals surface area contributed by atoms with E-state index in [1.165, 1.54) is 6.07 Å². The van der Waals surface area contributed by atoms with Gasteiger partial charge in [0.2, 0.25) is 0 Å². The minimum absolute atomic E-state index is 0.0351. The highest BCUT2D eigenvalue weighted by atomic mass is 35.5. The lowest BCUT2D eigenvalue weighted by Gasteiger charge is -2.14. The summed E-state index contributed by atoms with van der Waals surface area (Å²) in [6, 6.07) is 10.5. The van der Waals surface area contributed by atoms with Crippen LogP contribution in [0.4, 0.5) is 4.39 Å². The maximum atomic E-state index is 14.8. The lowest BCUT2D eigenvalue weighted by atomic mass is 9.91. The SMILES string of the molecule is C#CCC1CC(=O)C(c2c(F)cc(-c3ccc(C)cc3)cc2Cl)C1=O. The number of ketones is 2. The van der Waals surface area contributed by atoms with Crippen LogP contribution in [-0.4, -0.2) is 11.6 Å². The van der Waals surface area contributed by atoms with Crippen molar-refractivity contribution in [1.82, 2.24) is 0 Å². The summed E-state index contributed by atoms with van der Waals surface area (Å²) in [7, 11) is 0. The van der Waals surface area contributed by atoms with E-state index >= 15 is 0 Å². The molecule has 1 saturated carbocycles. The van der Waals surface area contributed by atoms with Crippen LogP contribution in [0, 0.1) is 31.0 Å². The molecule has 0 radical (unpaired) electrons. The highest BCUT2D eigenvalue weighted by Gasteiger charge is 2.43. The normalized spacial score (nSPS) is 19.9. The van der Waals surface area contributed by atoms with E-state index in [1.54, 1.807) is 6.07 Å². The van der Waals surface area contributed by atoms with Crippen molar-refractivity contribution in [1.29, 1.82) is 0 Å². The number of hydrogen-bond donors (Lipinski definition) is 0. The summed E-state index contributed by atoms with van der Waals surface area (Å²) in [5.41, 5.74) is 2.47. The third kappa shape index (κ3) is 3.23. The molecule has 1 aliphatic carbocycles. The Labute approximate surface area is 151 Å². The van der Waals surface area contributed by atoms with Gasteiger partial charge in [-0.25, -0.2) is 4.39 Å². The van der Waals surface area contributed by atoms with E-state index in [4.69, 9.17) is 18.0 Å². The van der Waals surface area contributed by atoms with Crippen LogP contribution in [0.2, 0.25) is 5.02 Å². The van der Waals surface area contributed by atoms with Crippen LogP contribution < -0.4 is 0 Å². The molecule has 25 heavy (non-hydrogen) atoms. The highest BCUT2D eigenvalue weighted by molar-refractivity contribution is 6.33. The Bertz CT molecular complexity index is 870. The van der Waals surface area contributed by atoms with E-state index < -0.39 is 17.7 Å². The number of terminal acetylenes is 1. The minimum Gasteiger partial charge on any atom is -0.298 e. The Kier molecular flexibility index (Phi) is 4.74. The average molecular weight is 355 g/mol. The predicted molar refractivity (Wildman–Crippen MR) is 95.9 cm³/mol. The standard InChI is InChI=1S/C21H16ClFO2/c1-3-4-14-11-18(24)20(21(14)25)19-16(22)9-15(10-17(19)23)13-7-5-12(2)6-8-13/h1,5-10,14,20H,4,11H2,2H3. The molecule has 0 heterocycles. The Hall–Kier alpha value is -2.44. The lowest BCUT2D eigenvalue weighted by Crippen LogP contribution is -2.17. The number of carbonyl (C=O) groups excluding carboxylic acids is 2. The summed E-state index contributed by atoms with van der Waals surface area (Å²) >= 11 is 6.27. The zero-order valence-electron chi connectivity index (χ0n) is 13.7. The van der Waals surface area contributed by atoms with Crippen LogP contribution in [0.15, 0.2) is 36.4 Å². The first-order valence-corrected chi connectivity index (χ1v) is 8.36. The molecule has 0 saturated heterocycles. The van der Waals surface area contributed by atoms with Crippen LogP contribution in [0.5, 0.6) is 0 Å². The fourth-order valence-electron chi connectivity index (χ4n) is 3.25. The zero-order chi connectivity index (χ0) is 18.1. The van der Waals surface area contributed by atoms with E-state index in [-0.39, 0.29) is 35.0 Å². The van der Waals surface area contributed by atoms with Crippen molar-refractivity contribution < 1.29 is 14.0 Å². The molecule has 1 fully saturated rings. The number of rotatable bonds is 3.